The minimum atomic E-state index is -0.507. The summed E-state index contributed by atoms with van der Waals surface area (Å²) in [6.07, 6.45) is 1.10. The first-order chi connectivity index (χ1) is 8.61. The summed E-state index contributed by atoms with van der Waals surface area (Å²) >= 11 is 0. The van der Waals surface area contributed by atoms with Gasteiger partial charge in [0.15, 0.2) is 5.82 Å². The number of aryl methyl sites for hydroxylation is 1. The molecule has 0 atom stereocenters. The lowest BCUT2D eigenvalue weighted by atomic mass is 10.3. The summed E-state index contributed by atoms with van der Waals surface area (Å²) in [5.41, 5.74) is 0.589. The maximum Gasteiger partial charge on any atom is 0.279 e. The van der Waals surface area contributed by atoms with E-state index in [4.69, 9.17) is 0 Å². The summed E-state index contributed by atoms with van der Waals surface area (Å²) in [6, 6.07) is 4.51. The quantitative estimate of drug-likeness (QED) is 0.894. The Balaban J connectivity index is 2.57. The van der Waals surface area contributed by atoms with Crippen LogP contribution in [0.15, 0.2) is 29.2 Å². The van der Waals surface area contributed by atoms with Gasteiger partial charge in [-0.2, -0.15) is 5.10 Å². The fraction of sp³-hybridized carbons (Fsp3) is 0.250. The zero-order valence-corrected chi connectivity index (χ0v) is 10.1. The summed E-state index contributed by atoms with van der Waals surface area (Å²) in [5, 5.41) is 10.5. The van der Waals surface area contributed by atoms with Crippen LogP contribution in [-0.4, -0.2) is 21.3 Å². The van der Waals surface area contributed by atoms with E-state index in [-0.39, 0.29) is 11.2 Å². The molecule has 6 heteroatoms. The van der Waals surface area contributed by atoms with E-state index >= 15 is 0 Å². The molecule has 2 aromatic heterocycles. The molecule has 0 amide bonds. The Hall–Kier alpha value is -2.24. The van der Waals surface area contributed by atoms with Crippen LogP contribution in [0.25, 0.3) is 5.82 Å². The molecule has 5 nitrogen and oxygen atoms in total. The van der Waals surface area contributed by atoms with E-state index < -0.39 is 5.82 Å². The smallest absolute Gasteiger partial charge is 0.279 e. The van der Waals surface area contributed by atoms with Crippen LogP contribution in [0.3, 0.4) is 0 Å². The molecule has 94 valence electrons. The molecule has 2 heterocycles. The number of aromatic nitrogens is 3. The minimum absolute atomic E-state index is 0.208. The molecule has 18 heavy (non-hydrogen) atoms. The molecule has 2 rings (SSSR count). The Bertz CT molecular complexity index is 606. The molecule has 0 aromatic carbocycles. The van der Waals surface area contributed by atoms with Crippen LogP contribution in [0.5, 0.6) is 0 Å². The van der Waals surface area contributed by atoms with E-state index in [0.29, 0.717) is 12.4 Å². The minimum Gasteiger partial charge on any atom is -0.381 e. The molecule has 0 saturated heterocycles. The molecule has 0 saturated carbocycles. The average molecular weight is 248 g/mol. The highest BCUT2D eigenvalue weighted by atomic mass is 19.1. The van der Waals surface area contributed by atoms with E-state index in [1.807, 2.05) is 6.92 Å². The largest absolute Gasteiger partial charge is 0.381 e. The fourth-order valence-corrected chi connectivity index (χ4v) is 1.56. The van der Waals surface area contributed by atoms with E-state index in [2.05, 4.69) is 15.5 Å². The zero-order valence-electron chi connectivity index (χ0n) is 10.1. The predicted molar refractivity (Wildman–Crippen MR) is 66.5 cm³/mol. The molecule has 0 spiro atoms. The van der Waals surface area contributed by atoms with Gasteiger partial charge in [0.05, 0.1) is 11.9 Å². The van der Waals surface area contributed by atoms with E-state index in [1.165, 1.54) is 6.07 Å². The molecule has 0 unspecified atom stereocenters. The Labute approximate surface area is 103 Å². The van der Waals surface area contributed by atoms with E-state index in [1.54, 1.807) is 19.1 Å². The van der Waals surface area contributed by atoms with Crippen molar-refractivity contribution in [3.63, 3.8) is 0 Å². The van der Waals surface area contributed by atoms with E-state index in [0.717, 1.165) is 16.5 Å². The topological polar surface area (TPSA) is 59.8 Å². The number of nitrogens with zero attached hydrogens (tertiary/aromatic N) is 3. The fourth-order valence-electron chi connectivity index (χ4n) is 1.56. The van der Waals surface area contributed by atoms with Crippen LogP contribution < -0.4 is 10.9 Å². The molecule has 0 fully saturated rings. The van der Waals surface area contributed by atoms with Gasteiger partial charge in [-0.3, -0.25) is 9.36 Å². The van der Waals surface area contributed by atoms with Gasteiger partial charge >= 0.3 is 0 Å². The summed E-state index contributed by atoms with van der Waals surface area (Å²) in [4.78, 5) is 12.1. The van der Waals surface area contributed by atoms with Crippen molar-refractivity contribution >= 4 is 5.69 Å². The van der Waals surface area contributed by atoms with Crippen molar-refractivity contribution in [2.75, 3.05) is 11.9 Å². The Kier molecular flexibility index (Phi) is 3.36. The third-order valence-corrected chi connectivity index (χ3v) is 2.38. The Morgan fingerprint density at radius 3 is 2.78 bits per heavy atom. The second kappa shape index (κ2) is 4.95. The zero-order chi connectivity index (χ0) is 13.1. The number of pyridine rings is 1. The lowest BCUT2D eigenvalue weighted by Gasteiger charge is -2.08. The molecule has 2 aromatic rings. The van der Waals surface area contributed by atoms with Gasteiger partial charge in [0.25, 0.3) is 5.56 Å². The van der Waals surface area contributed by atoms with Crippen LogP contribution in [0, 0.1) is 12.7 Å². The molecule has 0 aliphatic rings. The normalized spacial score (nSPS) is 10.4. The first kappa shape index (κ1) is 12.2. The van der Waals surface area contributed by atoms with Crippen LogP contribution in [0.2, 0.25) is 0 Å². The summed E-state index contributed by atoms with van der Waals surface area (Å²) in [7, 11) is 0. The SMILES string of the molecule is CCNc1cc(F)cn(-c2ccc(C)nn2)c1=O. The molecule has 0 radical (unpaired) electrons. The Morgan fingerprint density at radius 1 is 1.39 bits per heavy atom. The average Bonchev–Trinajstić information content (AvgIpc) is 2.35. The van der Waals surface area contributed by atoms with Gasteiger partial charge in [-0.15, -0.1) is 5.10 Å². The number of nitrogens with one attached hydrogen (secondary N) is 1. The first-order valence-corrected chi connectivity index (χ1v) is 5.58. The number of anilines is 1. The first-order valence-electron chi connectivity index (χ1n) is 5.58. The van der Waals surface area contributed by atoms with Gasteiger partial charge < -0.3 is 5.32 Å². The molecule has 0 bridgehead atoms. The van der Waals surface area contributed by atoms with Crippen molar-refractivity contribution in [2.24, 2.45) is 0 Å². The van der Waals surface area contributed by atoms with Gasteiger partial charge in [0.1, 0.15) is 11.5 Å². The number of rotatable bonds is 3. The number of hydrogen-bond donors (Lipinski definition) is 1. The van der Waals surface area contributed by atoms with Crippen molar-refractivity contribution in [3.8, 4) is 5.82 Å². The third-order valence-electron chi connectivity index (χ3n) is 2.38. The van der Waals surface area contributed by atoms with Gasteiger partial charge in [-0.05, 0) is 26.0 Å². The highest BCUT2D eigenvalue weighted by Gasteiger charge is 2.08. The maximum atomic E-state index is 13.4. The molecule has 0 aliphatic heterocycles. The second-order valence-electron chi connectivity index (χ2n) is 3.81. The van der Waals surface area contributed by atoms with Gasteiger partial charge in [0, 0.05) is 12.6 Å². The van der Waals surface area contributed by atoms with Crippen LogP contribution in [-0.2, 0) is 0 Å². The van der Waals surface area contributed by atoms with Crippen LogP contribution in [0.4, 0.5) is 10.1 Å². The van der Waals surface area contributed by atoms with Gasteiger partial charge in [-0.25, -0.2) is 4.39 Å². The lowest BCUT2D eigenvalue weighted by Crippen LogP contribution is -2.23. The highest BCUT2D eigenvalue weighted by Crippen LogP contribution is 2.07. The highest BCUT2D eigenvalue weighted by molar-refractivity contribution is 5.43. The lowest BCUT2D eigenvalue weighted by molar-refractivity contribution is 0.611. The van der Waals surface area contributed by atoms with Crippen LogP contribution in [0.1, 0.15) is 12.6 Å². The van der Waals surface area contributed by atoms with Crippen molar-refractivity contribution < 1.29 is 4.39 Å². The molecular weight excluding hydrogens is 235 g/mol. The van der Waals surface area contributed by atoms with Gasteiger partial charge in [-0.1, -0.05) is 0 Å². The third kappa shape index (κ3) is 2.37. The van der Waals surface area contributed by atoms with Crippen LogP contribution >= 0.6 is 0 Å². The van der Waals surface area contributed by atoms with Crippen molar-refractivity contribution in [3.05, 3.63) is 46.3 Å². The number of hydrogen-bond acceptors (Lipinski definition) is 4. The van der Waals surface area contributed by atoms with Crippen molar-refractivity contribution in [1.82, 2.24) is 14.8 Å². The molecule has 1 N–H and O–H groups in total. The van der Waals surface area contributed by atoms with Gasteiger partial charge in [0.2, 0.25) is 0 Å². The summed E-state index contributed by atoms with van der Waals surface area (Å²) in [6.45, 7) is 4.16. The molecular formula is C12H13FN4O. The summed E-state index contributed by atoms with van der Waals surface area (Å²) < 4.78 is 14.6. The maximum absolute atomic E-state index is 13.4. The monoisotopic (exact) mass is 248 g/mol. The predicted octanol–water partition coefficient (Wildman–Crippen LogP) is 1.51. The molecule has 0 aliphatic carbocycles. The second-order valence-corrected chi connectivity index (χ2v) is 3.81. The van der Waals surface area contributed by atoms with Crippen molar-refractivity contribution in [1.29, 1.82) is 0 Å². The van der Waals surface area contributed by atoms with Crippen molar-refractivity contribution in [2.45, 2.75) is 13.8 Å². The summed E-state index contributed by atoms with van der Waals surface area (Å²) in [5.74, 6) is -0.211. The van der Waals surface area contributed by atoms with E-state index in [9.17, 15) is 9.18 Å². The standard InChI is InChI=1S/C12H13FN4O/c1-3-14-10-6-9(13)7-17(12(10)18)11-5-4-8(2)15-16-11/h4-7,14H,3H2,1-2H3. The Morgan fingerprint density at radius 2 is 2.17 bits per heavy atom. The number of halogens is 1.